The van der Waals surface area contributed by atoms with Crippen molar-refractivity contribution in [2.45, 2.75) is 46.2 Å². The maximum absolute atomic E-state index is 3.74. The molecule has 0 spiro atoms. The molecule has 1 fully saturated rings. The standard InChI is InChI=1S/C19H32N2/c1-5-20-19-12-15(2)11-16(3)18(19)14-21(4)13-17-9-7-6-8-10-17/h6-10,15-16,18-20H,5,11-14H2,1-4H3. The van der Waals surface area contributed by atoms with Gasteiger partial charge >= 0.3 is 0 Å². The molecule has 2 rings (SSSR count). The maximum Gasteiger partial charge on any atom is 0.0230 e. The minimum absolute atomic E-state index is 0.687. The molecule has 2 heteroatoms. The quantitative estimate of drug-likeness (QED) is 0.857. The molecule has 1 aliphatic rings. The zero-order valence-electron chi connectivity index (χ0n) is 14.2. The van der Waals surface area contributed by atoms with Gasteiger partial charge in [0.05, 0.1) is 0 Å². The summed E-state index contributed by atoms with van der Waals surface area (Å²) in [7, 11) is 2.26. The third-order valence-electron chi connectivity index (χ3n) is 4.96. The largest absolute Gasteiger partial charge is 0.314 e. The van der Waals surface area contributed by atoms with E-state index in [1.165, 1.54) is 24.9 Å². The fourth-order valence-corrected chi connectivity index (χ4v) is 4.03. The number of hydrogen-bond donors (Lipinski definition) is 1. The fraction of sp³-hybridized carbons (Fsp3) is 0.684. The van der Waals surface area contributed by atoms with E-state index in [0.717, 1.165) is 30.8 Å². The summed E-state index contributed by atoms with van der Waals surface area (Å²) in [5.41, 5.74) is 1.41. The first-order valence-corrected chi connectivity index (χ1v) is 8.56. The highest BCUT2D eigenvalue weighted by atomic mass is 15.1. The molecular weight excluding hydrogens is 256 g/mol. The lowest BCUT2D eigenvalue weighted by molar-refractivity contribution is 0.110. The predicted molar refractivity (Wildman–Crippen MR) is 91.3 cm³/mol. The molecule has 1 aliphatic carbocycles. The van der Waals surface area contributed by atoms with E-state index in [9.17, 15) is 0 Å². The van der Waals surface area contributed by atoms with Gasteiger partial charge in [-0.15, -0.1) is 0 Å². The Morgan fingerprint density at radius 1 is 1.14 bits per heavy atom. The molecule has 4 atom stereocenters. The molecule has 1 saturated carbocycles. The molecule has 0 aliphatic heterocycles. The van der Waals surface area contributed by atoms with Gasteiger partial charge in [0.25, 0.3) is 0 Å². The summed E-state index contributed by atoms with van der Waals surface area (Å²) in [5.74, 6) is 2.45. The van der Waals surface area contributed by atoms with Gasteiger partial charge in [0.1, 0.15) is 0 Å². The number of benzene rings is 1. The molecule has 0 aromatic heterocycles. The van der Waals surface area contributed by atoms with E-state index in [0.29, 0.717) is 6.04 Å². The third-order valence-corrected chi connectivity index (χ3v) is 4.96. The van der Waals surface area contributed by atoms with Gasteiger partial charge < -0.3 is 10.2 Å². The van der Waals surface area contributed by atoms with Gasteiger partial charge in [0, 0.05) is 19.1 Å². The topological polar surface area (TPSA) is 15.3 Å². The Labute approximate surface area is 130 Å². The van der Waals surface area contributed by atoms with E-state index in [1.54, 1.807) is 0 Å². The van der Waals surface area contributed by atoms with Gasteiger partial charge in [-0.05, 0) is 49.8 Å². The molecule has 0 amide bonds. The van der Waals surface area contributed by atoms with E-state index in [1.807, 2.05) is 0 Å². The number of nitrogens with zero attached hydrogens (tertiary/aromatic N) is 1. The van der Waals surface area contributed by atoms with Crippen LogP contribution in [0.15, 0.2) is 30.3 Å². The molecule has 0 bridgehead atoms. The lowest BCUT2D eigenvalue weighted by Crippen LogP contribution is -2.48. The van der Waals surface area contributed by atoms with Crippen LogP contribution in [0.2, 0.25) is 0 Å². The molecule has 2 nitrogen and oxygen atoms in total. The normalized spacial score (nSPS) is 29.8. The first-order valence-electron chi connectivity index (χ1n) is 8.56. The van der Waals surface area contributed by atoms with Crippen LogP contribution in [0.1, 0.15) is 39.2 Å². The first-order chi connectivity index (χ1) is 10.1. The van der Waals surface area contributed by atoms with E-state index in [2.05, 4.69) is 68.4 Å². The van der Waals surface area contributed by atoms with Gasteiger partial charge in [0.2, 0.25) is 0 Å². The highest BCUT2D eigenvalue weighted by Gasteiger charge is 2.33. The number of nitrogens with one attached hydrogen (secondary N) is 1. The van der Waals surface area contributed by atoms with Crippen molar-refractivity contribution >= 4 is 0 Å². The average Bonchev–Trinajstić information content (AvgIpc) is 2.44. The van der Waals surface area contributed by atoms with E-state index in [4.69, 9.17) is 0 Å². The summed E-state index contributed by atoms with van der Waals surface area (Å²) in [4.78, 5) is 2.50. The minimum Gasteiger partial charge on any atom is -0.314 e. The number of hydrogen-bond acceptors (Lipinski definition) is 2. The molecule has 1 N–H and O–H groups in total. The Hall–Kier alpha value is -0.860. The zero-order chi connectivity index (χ0) is 15.2. The van der Waals surface area contributed by atoms with Gasteiger partial charge in [0.15, 0.2) is 0 Å². The third kappa shape index (κ3) is 4.82. The molecule has 0 radical (unpaired) electrons. The minimum atomic E-state index is 0.687. The molecule has 1 aromatic rings. The van der Waals surface area contributed by atoms with Crippen LogP contribution in [0, 0.1) is 17.8 Å². The van der Waals surface area contributed by atoms with Crippen molar-refractivity contribution < 1.29 is 0 Å². The molecule has 118 valence electrons. The molecule has 21 heavy (non-hydrogen) atoms. The van der Waals surface area contributed by atoms with Crippen LogP contribution in [0.4, 0.5) is 0 Å². The van der Waals surface area contributed by atoms with Gasteiger partial charge in [-0.25, -0.2) is 0 Å². The summed E-state index contributed by atoms with van der Waals surface area (Å²) in [6, 6.07) is 11.5. The van der Waals surface area contributed by atoms with Crippen LogP contribution >= 0.6 is 0 Å². The Morgan fingerprint density at radius 3 is 2.52 bits per heavy atom. The van der Waals surface area contributed by atoms with Gasteiger partial charge in [-0.2, -0.15) is 0 Å². The molecule has 0 saturated heterocycles. The second kappa shape index (κ2) is 7.95. The Bertz CT molecular complexity index is 403. The zero-order valence-corrected chi connectivity index (χ0v) is 14.2. The van der Waals surface area contributed by atoms with Crippen LogP contribution in [0.25, 0.3) is 0 Å². The Kier molecular flexibility index (Phi) is 6.25. The number of rotatable bonds is 6. The maximum atomic E-state index is 3.74. The van der Waals surface area contributed by atoms with Crippen LogP contribution in [-0.2, 0) is 6.54 Å². The van der Waals surface area contributed by atoms with Crippen molar-refractivity contribution in [2.75, 3.05) is 20.1 Å². The van der Waals surface area contributed by atoms with Crippen molar-refractivity contribution in [3.05, 3.63) is 35.9 Å². The smallest absolute Gasteiger partial charge is 0.0230 e. The van der Waals surface area contributed by atoms with Crippen molar-refractivity contribution in [3.63, 3.8) is 0 Å². The lowest BCUT2D eigenvalue weighted by Gasteiger charge is -2.42. The fourth-order valence-electron chi connectivity index (χ4n) is 4.03. The van der Waals surface area contributed by atoms with Crippen LogP contribution in [0.3, 0.4) is 0 Å². The van der Waals surface area contributed by atoms with Crippen molar-refractivity contribution in [3.8, 4) is 0 Å². The van der Waals surface area contributed by atoms with Crippen LogP contribution in [-0.4, -0.2) is 31.1 Å². The Balaban J connectivity index is 1.94. The van der Waals surface area contributed by atoms with Crippen molar-refractivity contribution in [2.24, 2.45) is 17.8 Å². The highest BCUT2D eigenvalue weighted by molar-refractivity contribution is 5.14. The predicted octanol–water partition coefficient (Wildman–Crippen LogP) is 3.78. The lowest BCUT2D eigenvalue weighted by atomic mass is 9.72. The Morgan fingerprint density at radius 2 is 1.86 bits per heavy atom. The molecular formula is C19H32N2. The molecule has 4 unspecified atom stereocenters. The second-order valence-corrected chi connectivity index (χ2v) is 7.06. The van der Waals surface area contributed by atoms with Crippen LogP contribution in [0.5, 0.6) is 0 Å². The van der Waals surface area contributed by atoms with E-state index < -0.39 is 0 Å². The SMILES string of the molecule is CCNC1CC(C)CC(C)C1CN(C)Cc1ccccc1. The summed E-state index contributed by atoms with van der Waals surface area (Å²) in [6.07, 6.45) is 2.72. The van der Waals surface area contributed by atoms with E-state index in [-0.39, 0.29) is 0 Å². The first kappa shape index (κ1) is 16.5. The van der Waals surface area contributed by atoms with Gasteiger partial charge in [-0.1, -0.05) is 51.1 Å². The summed E-state index contributed by atoms with van der Waals surface area (Å²) in [5, 5.41) is 3.74. The summed E-state index contributed by atoms with van der Waals surface area (Å²) < 4.78 is 0. The van der Waals surface area contributed by atoms with Gasteiger partial charge in [-0.3, -0.25) is 0 Å². The van der Waals surface area contributed by atoms with E-state index >= 15 is 0 Å². The summed E-state index contributed by atoms with van der Waals surface area (Å²) >= 11 is 0. The molecule has 1 aromatic carbocycles. The molecule has 0 heterocycles. The summed E-state index contributed by atoms with van der Waals surface area (Å²) in [6.45, 7) is 10.4. The van der Waals surface area contributed by atoms with Crippen molar-refractivity contribution in [1.82, 2.24) is 10.2 Å². The average molecular weight is 288 g/mol. The van der Waals surface area contributed by atoms with Crippen molar-refractivity contribution in [1.29, 1.82) is 0 Å². The van der Waals surface area contributed by atoms with Crippen LogP contribution < -0.4 is 5.32 Å². The second-order valence-electron chi connectivity index (χ2n) is 7.06. The monoisotopic (exact) mass is 288 g/mol. The highest BCUT2D eigenvalue weighted by Crippen LogP contribution is 2.34.